The molecule has 0 saturated carbocycles. The molecule has 0 aromatic carbocycles. The molecule has 6 nitrogen and oxygen atoms in total. The zero-order valence-corrected chi connectivity index (χ0v) is 9.39. The summed E-state index contributed by atoms with van der Waals surface area (Å²) in [5.74, 6) is -1.00. The first-order valence-corrected chi connectivity index (χ1v) is 5.03. The van der Waals surface area contributed by atoms with Gasteiger partial charge in [-0.1, -0.05) is 0 Å². The molecule has 0 atom stereocenters. The number of esters is 1. The molecular weight excluding hydrogens is 226 g/mol. The number of furan rings is 1. The molecule has 1 rings (SSSR count). The number of methoxy groups -OCH3 is 1. The summed E-state index contributed by atoms with van der Waals surface area (Å²) in [4.78, 5) is 33.4. The molecule has 6 heteroatoms. The molecule has 0 fully saturated rings. The van der Waals surface area contributed by atoms with Gasteiger partial charge in [-0.25, -0.2) is 0 Å². The molecule has 0 bridgehead atoms. The summed E-state index contributed by atoms with van der Waals surface area (Å²) in [7, 11) is 1.26. The van der Waals surface area contributed by atoms with Crippen LogP contribution in [0.15, 0.2) is 22.8 Å². The van der Waals surface area contributed by atoms with Crippen LogP contribution in [-0.4, -0.2) is 31.3 Å². The zero-order chi connectivity index (χ0) is 12.7. The first kappa shape index (κ1) is 13.0. The number of nitrogens with one attached hydrogen (secondary N) is 1. The summed E-state index contributed by atoms with van der Waals surface area (Å²) in [6.45, 7) is -0.128. The van der Waals surface area contributed by atoms with Crippen LogP contribution in [0.2, 0.25) is 0 Å². The predicted molar refractivity (Wildman–Crippen MR) is 57.3 cm³/mol. The molecule has 0 unspecified atom stereocenters. The number of ketones is 1. The summed E-state index contributed by atoms with van der Waals surface area (Å²) in [6, 6.07) is 3.07. The van der Waals surface area contributed by atoms with Crippen LogP contribution < -0.4 is 5.32 Å². The Kier molecular flexibility index (Phi) is 4.93. The highest BCUT2D eigenvalue weighted by molar-refractivity contribution is 5.94. The average molecular weight is 239 g/mol. The van der Waals surface area contributed by atoms with Crippen LogP contribution in [-0.2, 0) is 14.3 Å². The van der Waals surface area contributed by atoms with Gasteiger partial charge in [0.1, 0.15) is 0 Å². The molecule has 1 amide bonds. The normalized spacial score (nSPS) is 9.71. The number of Topliss-reactive ketones (excluding diaryl/α,β-unsaturated/α-hetero) is 1. The standard InChI is InChI=1S/C11H13NO5/c1-16-10(14)5-4-8(13)7-12-11(15)9-3-2-6-17-9/h2-3,6H,4-5,7H2,1H3,(H,12,15). The highest BCUT2D eigenvalue weighted by atomic mass is 16.5. The van der Waals surface area contributed by atoms with Crippen molar-refractivity contribution < 1.29 is 23.5 Å². The van der Waals surface area contributed by atoms with E-state index < -0.39 is 11.9 Å². The monoisotopic (exact) mass is 239 g/mol. The molecule has 1 aromatic rings. The van der Waals surface area contributed by atoms with E-state index in [9.17, 15) is 14.4 Å². The Hall–Kier alpha value is -2.11. The summed E-state index contributed by atoms with van der Waals surface area (Å²) in [5, 5.41) is 2.39. The lowest BCUT2D eigenvalue weighted by atomic mass is 10.2. The Morgan fingerprint density at radius 2 is 2.12 bits per heavy atom. The molecule has 0 radical (unpaired) electrons. The van der Waals surface area contributed by atoms with Gasteiger partial charge in [0.2, 0.25) is 0 Å². The Morgan fingerprint density at radius 3 is 2.71 bits per heavy atom. The second-order valence-corrected chi connectivity index (χ2v) is 3.27. The summed E-state index contributed by atoms with van der Waals surface area (Å²) >= 11 is 0. The number of amides is 1. The van der Waals surface area contributed by atoms with E-state index in [4.69, 9.17) is 4.42 Å². The van der Waals surface area contributed by atoms with Gasteiger partial charge >= 0.3 is 5.97 Å². The van der Waals surface area contributed by atoms with Gasteiger partial charge in [-0.15, -0.1) is 0 Å². The molecule has 0 aliphatic rings. The largest absolute Gasteiger partial charge is 0.469 e. The lowest BCUT2D eigenvalue weighted by Crippen LogP contribution is -2.29. The minimum atomic E-state index is -0.457. The SMILES string of the molecule is COC(=O)CCC(=O)CNC(=O)c1ccco1. The average Bonchev–Trinajstić information content (AvgIpc) is 2.86. The lowest BCUT2D eigenvalue weighted by molar-refractivity contribution is -0.141. The zero-order valence-electron chi connectivity index (χ0n) is 9.39. The Morgan fingerprint density at radius 1 is 1.35 bits per heavy atom. The number of rotatable bonds is 6. The van der Waals surface area contributed by atoms with E-state index in [0.717, 1.165) is 0 Å². The van der Waals surface area contributed by atoms with Crippen molar-refractivity contribution in [3.05, 3.63) is 24.2 Å². The molecule has 0 aliphatic heterocycles. The number of carbonyl (C=O) groups is 3. The van der Waals surface area contributed by atoms with Crippen LogP contribution in [0.5, 0.6) is 0 Å². The topological polar surface area (TPSA) is 85.6 Å². The molecule has 0 aliphatic carbocycles. The van der Waals surface area contributed by atoms with Crippen molar-refractivity contribution in [2.45, 2.75) is 12.8 Å². The Balaban J connectivity index is 2.24. The first-order chi connectivity index (χ1) is 8.13. The fourth-order valence-corrected chi connectivity index (χ4v) is 1.11. The molecular formula is C11H13NO5. The second-order valence-electron chi connectivity index (χ2n) is 3.27. The number of hydrogen-bond donors (Lipinski definition) is 1. The van der Waals surface area contributed by atoms with Gasteiger partial charge in [-0.2, -0.15) is 0 Å². The first-order valence-electron chi connectivity index (χ1n) is 5.03. The van der Waals surface area contributed by atoms with Crippen molar-refractivity contribution in [1.82, 2.24) is 5.32 Å². The highest BCUT2D eigenvalue weighted by Crippen LogP contribution is 1.99. The molecule has 17 heavy (non-hydrogen) atoms. The van der Waals surface area contributed by atoms with E-state index >= 15 is 0 Å². The lowest BCUT2D eigenvalue weighted by Gasteiger charge is -2.02. The van der Waals surface area contributed by atoms with E-state index in [1.165, 1.54) is 19.4 Å². The number of carbonyl (C=O) groups excluding carboxylic acids is 3. The minimum absolute atomic E-state index is 0.0198. The van der Waals surface area contributed by atoms with Crippen LogP contribution in [0.3, 0.4) is 0 Å². The second kappa shape index (κ2) is 6.47. The van der Waals surface area contributed by atoms with Gasteiger partial charge in [0.15, 0.2) is 11.5 Å². The Bertz CT molecular complexity index is 396. The van der Waals surface area contributed by atoms with Gasteiger partial charge in [-0.05, 0) is 12.1 Å². The summed E-state index contributed by atoms with van der Waals surface area (Å²) < 4.78 is 9.24. The van der Waals surface area contributed by atoms with Gasteiger partial charge in [-0.3, -0.25) is 14.4 Å². The van der Waals surface area contributed by atoms with Crippen LogP contribution >= 0.6 is 0 Å². The van der Waals surface area contributed by atoms with Crippen molar-refractivity contribution in [3.8, 4) is 0 Å². The van der Waals surface area contributed by atoms with E-state index in [2.05, 4.69) is 10.1 Å². The Labute approximate surface area is 97.9 Å². The van der Waals surface area contributed by atoms with E-state index in [0.29, 0.717) is 0 Å². The summed E-state index contributed by atoms with van der Waals surface area (Å²) in [5.41, 5.74) is 0. The van der Waals surface area contributed by atoms with Gasteiger partial charge in [0, 0.05) is 6.42 Å². The van der Waals surface area contributed by atoms with Crippen molar-refractivity contribution in [3.63, 3.8) is 0 Å². The summed E-state index contributed by atoms with van der Waals surface area (Å²) in [6.07, 6.45) is 1.44. The van der Waals surface area contributed by atoms with E-state index in [-0.39, 0.29) is 30.9 Å². The minimum Gasteiger partial charge on any atom is -0.469 e. The third-order valence-corrected chi connectivity index (χ3v) is 2.03. The van der Waals surface area contributed by atoms with Gasteiger partial charge in [0.25, 0.3) is 5.91 Å². The van der Waals surface area contributed by atoms with Crippen molar-refractivity contribution >= 4 is 17.7 Å². The molecule has 0 spiro atoms. The van der Waals surface area contributed by atoms with E-state index in [1.54, 1.807) is 6.07 Å². The molecule has 1 aromatic heterocycles. The smallest absolute Gasteiger partial charge is 0.305 e. The maximum absolute atomic E-state index is 11.4. The maximum Gasteiger partial charge on any atom is 0.305 e. The predicted octanol–water partition coefficient (Wildman–Crippen LogP) is 0.532. The van der Waals surface area contributed by atoms with Crippen LogP contribution in [0.1, 0.15) is 23.4 Å². The van der Waals surface area contributed by atoms with Crippen molar-refractivity contribution in [1.29, 1.82) is 0 Å². The molecule has 1 N–H and O–H groups in total. The van der Waals surface area contributed by atoms with Crippen molar-refractivity contribution in [2.75, 3.05) is 13.7 Å². The fraction of sp³-hybridized carbons (Fsp3) is 0.364. The van der Waals surface area contributed by atoms with Crippen LogP contribution in [0, 0.1) is 0 Å². The molecule has 1 heterocycles. The number of ether oxygens (including phenoxy) is 1. The quantitative estimate of drug-likeness (QED) is 0.732. The fourth-order valence-electron chi connectivity index (χ4n) is 1.11. The maximum atomic E-state index is 11.4. The highest BCUT2D eigenvalue weighted by Gasteiger charge is 2.11. The van der Waals surface area contributed by atoms with Crippen LogP contribution in [0.25, 0.3) is 0 Å². The third-order valence-electron chi connectivity index (χ3n) is 2.03. The third kappa shape index (κ3) is 4.50. The number of hydrogen-bond acceptors (Lipinski definition) is 5. The van der Waals surface area contributed by atoms with Crippen molar-refractivity contribution in [2.24, 2.45) is 0 Å². The van der Waals surface area contributed by atoms with E-state index in [1.807, 2.05) is 0 Å². The van der Waals surface area contributed by atoms with Crippen LogP contribution in [0.4, 0.5) is 0 Å². The molecule has 92 valence electrons. The van der Waals surface area contributed by atoms with Gasteiger partial charge in [0.05, 0.1) is 26.3 Å². The van der Waals surface area contributed by atoms with Gasteiger partial charge < -0.3 is 14.5 Å². The molecule has 0 saturated heterocycles.